The first-order valence-electron chi connectivity index (χ1n) is 4.60. The molecule has 2 atom stereocenters. The fraction of sp³-hybridized carbons (Fsp3) is 0.778. The topological polar surface area (TPSA) is 64.6 Å². The average molecular weight is 201 g/mol. The molecule has 0 aromatic rings. The van der Waals surface area contributed by atoms with Gasteiger partial charge in [-0.1, -0.05) is 13.8 Å². The van der Waals surface area contributed by atoms with Gasteiger partial charge in [-0.15, -0.1) is 5.48 Å². The first-order valence-corrected chi connectivity index (χ1v) is 4.60. The van der Waals surface area contributed by atoms with Crippen LogP contribution in [0.4, 0.5) is 0 Å². The lowest BCUT2D eigenvalue weighted by atomic mass is 9.93. The second-order valence-corrected chi connectivity index (χ2v) is 3.78. The zero-order valence-electron chi connectivity index (χ0n) is 8.57. The summed E-state index contributed by atoms with van der Waals surface area (Å²) < 4.78 is 4.54. The molecule has 0 aromatic heterocycles. The largest absolute Gasteiger partial charge is 0.468 e. The summed E-state index contributed by atoms with van der Waals surface area (Å²) >= 11 is 0. The summed E-state index contributed by atoms with van der Waals surface area (Å²) in [6.07, 6.45) is 0.700. The molecular weight excluding hydrogens is 186 g/mol. The third-order valence-electron chi connectivity index (χ3n) is 2.15. The highest BCUT2D eigenvalue weighted by atomic mass is 16.7. The SMILES string of the molecule is COC(=O)C1C(=O)ONC1CC(C)C. The fourth-order valence-electron chi connectivity index (χ4n) is 1.51. The van der Waals surface area contributed by atoms with Crippen molar-refractivity contribution in [3.8, 4) is 0 Å². The minimum absolute atomic E-state index is 0.269. The zero-order chi connectivity index (χ0) is 10.7. The maximum Gasteiger partial charge on any atom is 0.340 e. The van der Waals surface area contributed by atoms with E-state index in [9.17, 15) is 9.59 Å². The molecule has 1 heterocycles. The van der Waals surface area contributed by atoms with E-state index in [1.807, 2.05) is 13.8 Å². The molecule has 0 spiro atoms. The zero-order valence-corrected chi connectivity index (χ0v) is 8.57. The van der Waals surface area contributed by atoms with E-state index >= 15 is 0 Å². The van der Waals surface area contributed by atoms with Crippen LogP contribution in [-0.2, 0) is 19.2 Å². The van der Waals surface area contributed by atoms with Gasteiger partial charge >= 0.3 is 11.9 Å². The van der Waals surface area contributed by atoms with Gasteiger partial charge in [0.05, 0.1) is 13.2 Å². The van der Waals surface area contributed by atoms with Gasteiger partial charge in [-0.05, 0) is 12.3 Å². The number of hydrogen-bond acceptors (Lipinski definition) is 5. The van der Waals surface area contributed by atoms with E-state index in [1.165, 1.54) is 7.11 Å². The van der Waals surface area contributed by atoms with Crippen LogP contribution in [0.3, 0.4) is 0 Å². The Hall–Kier alpha value is -1.10. The van der Waals surface area contributed by atoms with Crippen LogP contribution >= 0.6 is 0 Å². The Morgan fingerprint density at radius 3 is 2.79 bits per heavy atom. The van der Waals surface area contributed by atoms with Gasteiger partial charge in [-0.25, -0.2) is 4.79 Å². The van der Waals surface area contributed by atoms with Crippen molar-refractivity contribution in [1.82, 2.24) is 5.48 Å². The normalized spacial score (nSPS) is 26.4. The standard InChI is InChI=1S/C9H15NO4/c1-5(2)4-6-7(8(11)13-3)9(12)14-10-6/h5-7,10H,4H2,1-3H3. The maximum absolute atomic E-state index is 11.3. The maximum atomic E-state index is 11.3. The lowest BCUT2D eigenvalue weighted by molar-refractivity contribution is -0.155. The minimum Gasteiger partial charge on any atom is -0.468 e. The molecule has 2 unspecified atom stereocenters. The third kappa shape index (κ3) is 2.23. The fourth-order valence-corrected chi connectivity index (χ4v) is 1.51. The summed E-state index contributed by atoms with van der Waals surface area (Å²) in [6, 6.07) is -0.269. The second-order valence-electron chi connectivity index (χ2n) is 3.78. The van der Waals surface area contributed by atoms with Gasteiger partial charge in [0.15, 0.2) is 5.92 Å². The molecule has 5 heteroatoms. The van der Waals surface area contributed by atoms with Crippen LogP contribution in [0.15, 0.2) is 0 Å². The number of hydroxylamine groups is 1. The molecule has 0 bridgehead atoms. The minimum atomic E-state index is -0.817. The van der Waals surface area contributed by atoms with Crippen LogP contribution < -0.4 is 5.48 Å². The van der Waals surface area contributed by atoms with Crippen molar-refractivity contribution in [3.05, 3.63) is 0 Å². The van der Waals surface area contributed by atoms with E-state index in [-0.39, 0.29) is 6.04 Å². The van der Waals surface area contributed by atoms with E-state index in [0.717, 1.165) is 0 Å². The van der Waals surface area contributed by atoms with Crippen LogP contribution in [0.2, 0.25) is 0 Å². The third-order valence-corrected chi connectivity index (χ3v) is 2.15. The summed E-state index contributed by atoms with van der Waals surface area (Å²) in [5.74, 6) is -1.52. The molecule has 5 nitrogen and oxygen atoms in total. The molecule has 0 amide bonds. The van der Waals surface area contributed by atoms with Crippen molar-refractivity contribution in [1.29, 1.82) is 0 Å². The molecule has 1 aliphatic rings. The predicted octanol–water partition coefficient (Wildman–Crippen LogP) is 0.252. The van der Waals surface area contributed by atoms with Crippen LogP contribution in [0.25, 0.3) is 0 Å². The smallest absolute Gasteiger partial charge is 0.340 e. The van der Waals surface area contributed by atoms with Gasteiger partial charge in [0.25, 0.3) is 0 Å². The van der Waals surface area contributed by atoms with Gasteiger partial charge in [0.1, 0.15) is 0 Å². The highest BCUT2D eigenvalue weighted by Crippen LogP contribution is 2.20. The summed E-state index contributed by atoms with van der Waals surface area (Å²) in [4.78, 5) is 27.0. The van der Waals surface area contributed by atoms with Gasteiger partial charge < -0.3 is 9.57 Å². The predicted molar refractivity (Wildman–Crippen MR) is 48.0 cm³/mol. The van der Waals surface area contributed by atoms with Gasteiger partial charge in [0, 0.05) is 0 Å². The quantitative estimate of drug-likeness (QED) is 0.524. The molecule has 1 fully saturated rings. The number of carbonyl (C=O) groups excluding carboxylic acids is 2. The molecule has 0 aromatic carbocycles. The lowest BCUT2D eigenvalue weighted by Crippen LogP contribution is -2.34. The van der Waals surface area contributed by atoms with Crippen LogP contribution in [0, 0.1) is 11.8 Å². The number of nitrogens with one attached hydrogen (secondary N) is 1. The Morgan fingerprint density at radius 1 is 1.64 bits per heavy atom. The van der Waals surface area contributed by atoms with Crippen molar-refractivity contribution >= 4 is 11.9 Å². The first kappa shape index (κ1) is 11.0. The van der Waals surface area contributed by atoms with E-state index in [2.05, 4.69) is 15.1 Å². The Bertz CT molecular complexity index is 239. The van der Waals surface area contributed by atoms with E-state index in [1.54, 1.807) is 0 Å². The molecule has 0 aliphatic carbocycles. The Labute approximate surface area is 82.7 Å². The van der Waals surface area contributed by atoms with Crippen molar-refractivity contribution < 1.29 is 19.2 Å². The molecule has 80 valence electrons. The van der Waals surface area contributed by atoms with Crippen molar-refractivity contribution in [2.24, 2.45) is 11.8 Å². The van der Waals surface area contributed by atoms with Gasteiger partial charge in [-0.2, -0.15) is 0 Å². The Morgan fingerprint density at radius 2 is 2.29 bits per heavy atom. The summed E-state index contributed by atoms with van der Waals surface area (Å²) in [6.45, 7) is 4.03. The molecular formula is C9H15NO4. The summed E-state index contributed by atoms with van der Waals surface area (Å²) in [7, 11) is 1.26. The highest BCUT2D eigenvalue weighted by Gasteiger charge is 2.43. The van der Waals surface area contributed by atoms with E-state index in [0.29, 0.717) is 12.3 Å². The number of esters is 1. The number of ether oxygens (including phenoxy) is 1. The average Bonchev–Trinajstić information content (AvgIpc) is 2.45. The highest BCUT2D eigenvalue weighted by molar-refractivity contribution is 5.96. The van der Waals surface area contributed by atoms with Crippen molar-refractivity contribution in [3.63, 3.8) is 0 Å². The Kier molecular flexibility index (Phi) is 3.46. The molecule has 1 aliphatic heterocycles. The van der Waals surface area contributed by atoms with E-state index in [4.69, 9.17) is 0 Å². The molecule has 0 radical (unpaired) electrons. The first-order chi connectivity index (χ1) is 6.56. The second kappa shape index (κ2) is 4.41. The van der Waals surface area contributed by atoms with Crippen molar-refractivity contribution in [2.45, 2.75) is 26.3 Å². The molecule has 14 heavy (non-hydrogen) atoms. The van der Waals surface area contributed by atoms with Crippen LogP contribution in [-0.4, -0.2) is 25.1 Å². The number of rotatable bonds is 3. The van der Waals surface area contributed by atoms with Gasteiger partial charge in [-0.3, -0.25) is 4.79 Å². The molecule has 1 rings (SSSR count). The summed E-state index contributed by atoms with van der Waals surface area (Å²) in [5, 5.41) is 0. The lowest BCUT2D eigenvalue weighted by Gasteiger charge is -2.14. The summed E-state index contributed by atoms with van der Waals surface area (Å²) in [5.41, 5.74) is 2.55. The van der Waals surface area contributed by atoms with Crippen LogP contribution in [0.1, 0.15) is 20.3 Å². The number of methoxy groups -OCH3 is 1. The van der Waals surface area contributed by atoms with E-state index < -0.39 is 17.9 Å². The monoisotopic (exact) mass is 201 g/mol. The molecule has 0 saturated carbocycles. The number of hydrogen-bond donors (Lipinski definition) is 1. The molecule has 1 N–H and O–H groups in total. The van der Waals surface area contributed by atoms with Gasteiger partial charge in [0.2, 0.25) is 0 Å². The number of carbonyl (C=O) groups is 2. The van der Waals surface area contributed by atoms with Crippen molar-refractivity contribution in [2.75, 3.05) is 7.11 Å². The molecule has 1 saturated heterocycles. The van der Waals surface area contributed by atoms with Crippen LogP contribution in [0.5, 0.6) is 0 Å². The Balaban J connectivity index is 2.66.